The monoisotopic (exact) mass is 439 g/mol. The van der Waals surface area contributed by atoms with Crippen LogP contribution in [0.25, 0.3) is 11.3 Å². The van der Waals surface area contributed by atoms with E-state index in [-0.39, 0.29) is 17.8 Å². The first kappa shape index (κ1) is 20.6. The summed E-state index contributed by atoms with van der Waals surface area (Å²) in [5.74, 6) is -4.97. The van der Waals surface area contributed by atoms with Crippen molar-refractivity contribution >= 4 is 17.4 Å². The zero-order chi connectivity index (χ0) is 22.2. The predicted octanol–water partition coefficient (Wildman–Crippen LogP) is 3.27. The lowest BCUT2D eigenvalue weighted by Crippen LogP contribution is -2.44. The van der Waals surface area contributed by atoms with Crippen molar-refractivity contribution in [2.75, 3.05) is 22.9 Å². The van der Waals surface area contributed by atoms with Gasteiger partial charge in [-0.05, 0) is 12.1 Å². The highest BCUT2D eigenvalue weighted by Gasteiger charge is 2.47. The molecule has 0 aromatic carbocycles. The molecular weight excluding hydrogens is 425 g/mol. The van der Waals surface area contributed by atoms with E-state index >= 15 is 0 Å². The van der Waals surface area contributed by atoms with Gasteiger partial charge >= 0.3 is 6.30 Å². The zero-order valence-corrected chi connectivity index (χ0v) is 15.6. The number of pyridine rings is 1. The molecule has 0 spiro atoms. The number of alkyl halides is 5. The minimum atomic E-state index is -5.21. The van der Waals surface area contributed by atoms with Gasteiger partial charge in [-0.3, -0.25) is 9.89 Å². The molecule has 1 aliphatic rings. The van der Waals surface area contributed by atoms with Crippen LogP contribution in [0.15, 0.2) is 43.2 Å². The van der Waals surface area contributed by atoms with Crippen molar-refractivity contribution in [2.24, 2.45) is 0 Å². The second kappa shape index (κ2) is 7.56. The number of amides is 1. The van der Waals surface area contributed by atoms with Crippen LogP contribution in [0.5, 0.6) is 0 Å². The average molecular weight is 439 g/mol. The molecule has 8 nitrogen and oxygen atoms in total. The van der Waals surface area contributed by atoms with E-state index in [2.05, 4.69) is 25.1 Å². The fraction of sp³-hybridized carbons (Fsp3) is 0.278. The molecule has 4 heterocycles. The third kappa shape index (κ3) is 4.02. The lowest BCUT2D eigenvalue weighted by atomic mass is 10.1. The number of hydrogen-bond acceptors (Lipinski definition) is 6. The number of carbonyl (C=O) groups is 1. The molecule has 4 rings (SSSR count). The smallest absolute Gasteiger partial charge is 0.349 e. The third-order valence-electron chi connectivity index (χ3n) is 4.65. The van der Waals surface area contributed by atoms with Crippen molar-refractivity contribution < 1.29 is 26.7 Å². The summed E-state index contributed by atoms with van der Waals surface area (Å²) in [5.41, 5.74) is -1.06. The van der Waals surface area contributed by atoms with Crippen LogP contribution >= 0.6 is 0 Å². The number of rotatable bonds is 4. The van der Waals surface area contributed by atoms with Gasteiger partial charge in [-0.1, -0.05) is 0 Å². The Bertz CT molecular complexity index is 1070. The van der Waals surface area contributed by atoms with Gasteiger partial charge in [0.05, 0.1) is 17.8 Å². The Kier molecular flexibility index (Phi) is 5.03. The molecule has 0 aliphatic carbocycles. The van der Waals surface area contributed by atoms with Crippen LogP contribution in [0.1, 0.15) is 16.8 Å². The standard InChI is InChI=1S/C18H14F5N7O/c19-17(20)3-6-29(9-17)15-14(12(1-4-26-15)13-2-5-27-28-13)30(18(21,22)23)16(31)11-7-24-10-25-8-11/h1-2,4-5,7-8,10H,3,6,9H2,(H,27,28). The number of H-pyrrole nitrogens is 1. The molecular formula is C18H14F5N7O. The largest absolute Gasteiger partial charge is 0.492 e. The van der Waals surface area contributed by atoms with Crippen LogP contribution in [-0.2, 0) is 0 Å². The molecule has 1 N–H and O–H groups in total. The SMILES string of the molecule is O=C(c1cncnc1)N(c1c(-c2ccn[nH]2)ccnc1N1CCC(F)(F)C1)C(F)(F)F. The summed E-state index contributed by atoms with van der Waals surface area (Å²) in [6.45, 7) is -1.05. The lowest BCUT2D eigenvalue weighted by Gasteiger charge is -2.31. The second-order valence-electron chi connectivity index (χ2n) is 6.76. The lowest BCUT2D eigenvalue weighted by molar-refractivity contribution is -0.122. The van der Waals surface area contributed by atoms with E-state index in [0.29, 0.717) is 0 Å². The Morgan fingerprint density at radius 2 is 1.90 bits per heavy atom. The minimum absolute atomic E-state index is 0.0831. The van der Waals surface area contributed by atoms with Crippen molar-refractivity contribution in [3.63, 3.8) is 0 Å². The number of aromatic amines is 1. The Hall–Kier alpha value is -3.64. The summed E-state index contributed by atoms with van der Waals surface area (Å²) in [6.07, 6.45) is -0.318. The van der Waals surface area contributed by atoms with E-state index in [1.165, 1.54) is 24.5 Å². The van der Waals surface area contributed by atoms with Gasteiger partial charge in [0, 0.05) is 43.3 Å². The summed E-state index contributed by atoms with van der Waals surface area (Å²) < 4.78 is 70.4. The van der Waals surface area contributed by atoms with E-state index in [9.17, 15) is 26.7 Å². The van der Waals surface area contributed by atoms with Gasteiger partial charge in [-0.2, -0.15) is 5.10 Å². The topological polar surface area (TPSA) is 90.9 Å². The molecule has 13 heteroatoms. The Balaban J connectivity index is 1.94. The number of hydrogen-bond donors (Lipinski definition) is 1. The molecule has 0 radical (unpaired) electrons. The molecule has 0 atom stereocenters. The molecule has 0 saturated carbocycles. The Labute approximate surface area is 171 Å². The van der Waals surface area contributed by atoms with E-state index < -0.39 is 53.1 Å². The van der Waals surface area contributed by atoms with Crippen molar-refractivity contribution in [1.82, 2.24) is 25.1 Å². The third-order valence-corrected chi connectivity index (χ3v) is 4.65. The highest BCUT2D eigenvalue weighted by atomic mass is 19.4. The average Bonchev–Trinajstić information content (AvgIpc) is 3.37. The fourth-order valence-corrected chi connectivity index (χ4v) is 3.32. The predicted molar refractivity (Wildman–Crippen MR) is 98.5 cm³/mol. The summed E-state index contributed by atoms with van der Waals surface area (Å²) in [6, 6.07) is 2.64. The van der Waals surface area contributed by atoms with E-state index in [0.717, 1.165) is 23.6 Å². The maximum absolute atomic E-state index is 14.2. The second-order valence-corrected chi connectivity index (χ2v) is 6.76. The van der Waals surface area contributed by atoms with Crippen LogP contribution in [-0.4, -0.2) is 56.4 Å². The number of carbonyl (C=O) groups excluding carboxylic acids is 1. The Morgan fingerprint density at radius 1 is 1.16 bits per heavy atom. The highest BCUT2D eigenvalue weighted by molar-refractivity contribution is 6.10. The van der Waals surface area contributed by atoms with E-state index in [1.807, 2.05) is 0 Å². The van der Waals surface area contributed by atoms with Crippen molar-refractivity contribution in [3.8, 4) is 11.3 Å². The first-order chi connectivity index (χ1) is 14.7. The summed E-state index contributed by atoms with van der Waals surface area (Å²) in [4.78, 5) is 24.6. The van der Waals surface area contributed by atoms with Crippen molar-refractivity contribution in [1.29, 1.82) is 0 Å². The zero-order valence-electron chi connectivity index (χ0n) is 15.6. The molecule has 0 bridgehead atoms. The van der Waals surface area contributed by atoms with Crippen LogP contribution in [0.3, 0.4) is 0 Å². The number of aromatic nitrogens is 5. The normalized spacial score (nSPS) is 15.8. The van der Waals surface area contributed by atoms with Gasteiger partial charge in [-0.15, -0.1) is 13.2 Å². The number of anilines is 2. The molecule has 1 aliphatic heterocycles. The quantitative estimate of drug-likeness (QED) is 0.496. The molecule has 1 fully saturated rings. The van der Waals surface area contributed by atoms with Gasteiger partial charge in [-0.25, -0.2) is 28.6 Å². The van der Waals surface area contributed by atoms with Crippen LogP contribution in [0.2, 0.25) is 0 Å². The van der Waals surface area contributed by atoms with Crippen molar-refractivity contribution in [3.05, 3.63) is 48.8 Å². The molecule has 1 saturated heterocycles. The van der Waals surface area contributed by atoms with Gasteiger partial charge in [0.2, 0.25) is 0 Å². The van der Waals surface area contributed by atoms with Crippen LogP contribution in [0.4, 0.5) is 33.5 Å². The summed E-state index contributed by atoms with van der Waals surface area (Å²) in [7, 11) is 0. The molecule has 162 valence electrons. The summed E-state index contributed by atoms with van der Waals surface area (Å²) in [5, 5.41) is 6.27. The van der Waals surface area contributed by atoms with Gasteiger partial charge in [0.1, 0.15) is 12.0 Å². The summed E-state index contributed by atoms with van der Waals surface area (Å²) >= 11 is 0. The molecule has 3 aromatic rings. The number of nitrogens with zero attached hydrogens (tertiary/aromatic N) is 6. The van der Waals surface area contributed by atoms with Gasteiger partial charge in [0.25, 0.3) is 11.8 Å². The maximum Gasteiger partial charge on any atom is 0.492 e. The molecule has 1 amide bonds. The first-order valence-corrected chi connectivity index (χ1v) is 8.95. The minimum Gasteiger partial charge on any atom is -0.349 e. The van der Waals surface area contributed by atoms with E-state index in [4.69, 9.17) is 0 Å². The van der Waals surface area contributed by atoms with Crippen molar-refractivity contribution in [2.45, 2.75) is 18.6 Å². The fourth-order valence-electron chi connectivity index (χ4n) is 3.32. The highest BCUT2D eigenvalue weighted by Crippen LogP contribution is 2.44. The molecule has 31 heavy (non-hydrogen) atoms. The first-order valence-electron chi connectivity index (χ1n) is 8.95. The number of nitrogens with one attached hydrogen (secondary N) is 1. The van der Waals surface area contributed by atoms with Gasteiger partial charge in [0.15, 0.2) is 5.82 Å². The van der Waals surface area contributed by atoms with Crippen LogP contribution < -0.4 is 9.80 Å². The number of halogens is 5. The Morgan fingerprint density at radius 3 is 2.48 bits per heavy atom. The van der Waals surface area contributed by atoms with Gasteiger partial charge < -0.3 is 4.90 Å². The molecule has 3 aromatic heterocycles. The van der Waals surface area contributed by atoms with Crippen LogP contribution in [0, 0.1) is 0 Å². The maximum atomic E-state index is 14.2. The molecule has 0 unspecified atom stereocenters. The van der Waals surface area contributed by atoms with E-state index in [1.54, 1.807) is 0 Å².